The topological polar surface area (TPSA) is 69.5 Å². The van der Waals surface area contributed by atoms with Crippen molar-refractivity contribution < 1.29 is 4.42 Å². The van der Waals surface area contributed by atoms with Gasteiger partial charge in [-0.15, -0.1) is 0 Å². The minimum absolute atomic E-state index is 0.476. The zero-order chi connectivity index (χ0) is 24.0. The molecule has 4 heterocycles. The van der Waals surface area contributed by atoms with E-state index >= 15 is 0 Å². The Hall–Kier alpha value is -3.13. The molecule has 0 aliphatic carbocycles. The van der Waals surface area contributed by atoms with Crippen LogP contribution in [-0.2, 0) is 6.54 Å². The first-order valence-electron chi connectivity index (χ1n) is 12.8. The first-order chi connectivity index (χ1) is 17.2. The molecule has 2 saturated heterocycles. The number of benzene rings is 1. The summed E-state index contributed by atoms with van der Waals surface area (Å²) in [4.78, 5) is 14.5. The van der Waals surface area contributed by atoms with Gasteiger partial charge in [0.15, 0.2) is 5.11 Å². The molecule has 0 unspecified atom stereocenters. The van der Waals surface area contributed by atoms with Crippen molar-refractivity contribution in [2.45, 2.75) is 58.0 Å². The molecule has 2 fully saturated rings. The van der Waals surface area contributed by atoms with Crippen molar-refractivity contribution in [3.63, 3.8) is 0 Å². The average molecular weight is 491 g/mol. The lowest BCUT2D eigenvalue weighted by Gasteiger charge is -2.35. The van der Waals surface area contributed by atoms with Crippen LogP contribution in [0.25, 0.3) is 11.3 Å². The molecule has 0 bridgehead atoms. The molecule has 2 aliphatic rings. The van der Waals surface area contributed by atoms with Crippen molar-refractivity contribution in [2.24, 2.45) is 0 Å². The van der Waals surface area contributed by atoms with E-state index in [9.17, 15) is 0 Å². The molecule has 2 aromatic heterocycles. The van der Waals surface area contributed by atoms with Crippen LogP contribution >= 0.6 is 12.2 Å². The molecule has 1 atom stereocenters. The maximum absolute atomic E-state index is 5.98. The molecule has 1 aromatic carbocycles. The van der Waals surface area contributed by atoms with E-state index in [2.05, 4.69) is 33.4 Å². The molecule has 0 amide bonds. The Balaban J connectivity index is 1.28. The van der Waals surface area contributed by atoms with Gasteiger partial charge in [0, 0.05) is 37.3 Å². The summed E-state index contributed by atoms with van der Waals surface area (Å²) < 4.78 is 5.98. The smallest absolute Gasteiger partial charge is 0.232 e. The van der Waals surface area contributed by atoms with Crippen LogP contribution in [0.3, 0.4) is 0 Å². The van der Waals surface area contributed by atoms with Crippen LogP contribution in [0, 0.1) is 0 Å². The van der Waals surface area contributed by atoms with Crippen LogP contribution in [0.5, 0.6) is 0 Å². The number of thiocarbonyl (C=S) groups is 1. The predicted octanol–water partition coefficient (Wildman–Crippen LogP) is 5.59. The summed E-state index contributed by atoms with van der Waals surface area (Å²) in [5, 5.41) is 6.95. The highest BCUT2D eigenvalue weighted by Gasteiger charge is 2.23. The number of nitrogens with zero attached hydrogens (tertiary/aromatic N) is 4. The molecule has 0 radical (unpaired) electrons. The van der Waals surface area contributed by atoms with Crippen molar-refractivity contribution in [2.75, 3.05) is 34.8 Å². The Morgan fingerprint density at radius 1 is 0.971 bits per heavy atom. The van der Waals surface area contributed by atoms with Crippen LogP contribution in [0.15, 0.2) is 52.9 Å². The van der Waals surface area contributed by atoms with E-state index in [-0.39, 0.29) is 0 Å². The van der Waals surface area contributed by atoms with Gasteiger partial charge in [-0.25, -0.2) is 0 Å². The largest absolute Gasteiger partial charge is 0.459 e. The molecular weight excluding hydrogens is 456 g/mol. The van der Waals surface area contributed by atoms with E-state index in [0.29, 0.717) is 23.6 Å². The monoisotopic (exact) mass is 490 g/mol. The third-order valence-corrected chi connectivity index (χ3v) is 7.09. The third kappa shape index (κ3) is 5.93. The molecule has 0 spiro atoms. The minimum Gasteiger partial charge on any atom is -0.459 e. The predicted molar refractivity (Wildman–Crippen MR) is 146 cm³/mol. The standard InChI is InChI=1S/C27H34N6OS/c1-20-10-6-9-17-33(20)25-18-24(32-15-7-3-8-16-32)29-26(30-25)31-27(35)28-19-22-13-14-23(34-22)21-11-4-2-5-12-21/h2,4-5,11-14,18,20H,3,6-10,15-17,19H2,1H3,(H2,28,29,30,31,35)/t20-/m1/s1. The number of aromatic nitrogens is 2. The van der Waals surface area contributed by atoms with E-state index in [4.69, 9.17) is 26.6 Å². The highest BCUT2D eigenvalue weighted by molar-refractivity contribution is 7.80. The van der Waals surface area contributed by atoms with Gasteiger partial charge in [0.2, 0.25) is 5.95 Å². The minimum atomic E-state index is 0.476. The number of hydrogen-bond acceptors (Lipinski definition) is 6. The van der Waals surface area contributed by atoms with Gasteiger partial charge >= 0.3 is 0 Å². The van der Waals surface area contributed by atoms with Crippen LogP contribution < -0.4 is 20.4 Å². The van der Waals surface area contributed by atoms with Gasteiger partial charge in [-0.2, -0.15) is 9.97 Å². The number of piperidine rings is 2. The highest BCUT2D eigenvalue weighted by atomic mass is 32.1. The summed E-state index contributed by atoms with van der Waals surface area (Å²) in [5.74, 6) is 4.17. The van der Waals surface area contributed by atoms with Crippen LogP contribution in [0.2, 0.25) is 0 Å². The van der Waals surface area contributed by atoms with E-state index in [1.807, 2.05) is 42.5 Å². The van der Waals surface area contributed by atoms with Crippen molar-refractivity contribution >= 4 is 34.9 Å². The highest BCUT2D eigenvalue weighted by Crippen LogP contribution is 2.28. The number of nitrogens with one attached hydrogen (secondary N) is 2. The second kappa shape index (κ2) is 11.1. The van der Waals surface area contributed by atoms with Gasteiger partial charge in [0.05, 0.1) is 6.54 Å². The number of furan rings is 1. The Morgan fingerprint density at radius 3 is 2.54 bits per heavy atom. The molecule has 3 aromatic rings. The first-order valence-corrected chi connectivity index (χ1v) is 13.2. The van der Waals surface area contributed by atoms with Crippen LogP contribution in [-0.4, -0.2) is 40.8 Å². The number of anilines is 3. The van der Waals surface area contributed by atoms with E-state index in [0.717, 1.165) is 48.4 Å². The fraction of sp³-hybridized carbons (Fsp3) is 0.444. The fourth-order valence-corrected chi connectivity index (χ4v) is 5.06. The Morgan fingerprint density at radius 2 is 1.74 bits per heavy atom. The summed E-state index contributed by atoms with van der Waals surface area (Å²) in [6, 6.07) is 16.7. The lowest BCUT2D eigenvalue weighted by atomic mass is 10.0. The molecule has 2 N–H and O–H groups in total. The lowest BCUT2D eigenvalue weighted by Crippen LogP contribution is -2.39. The van der Waals surface area contributed by atoms with Gasteiger partial charge in [-0.3, -0.25) is 0 Å². The molecule has 8 heteroatoms. The third-order valence-electron chi connectivity index (χ3n) is 6.84. The molecule has 7 nitrogen and oxygen atoms in total. The maximum Gasteiger partial charge on any atom is 0.232 e. The Labute approximate surface area is 212 Å². The summed E-state index contributed by atoms with van der Waals surface area (Å²) in [6.07, 6.45) is 7.37. The van der Waals surface area contributed by atoms with Crippen LogP contribution in [0.4, 0.5) is 17.6 Å². The summed E-state index contributed by atoms with van der Waals surface area (Å²) in [5.41, 5.74) is 1.06. The van der Waals surface area contributed by atoms with Gasteiger partial charge in [-0.1, -0.05) is 30.3 Å². The van der Waals surface area contributed by atoms with Gasteiger partial charge in [-0.05, 0) is 69.8 Å². The van der Waals surface area contributed by atoms with Crippen molar-refractivity contribution in [1.82, 2.24) is 15.3 Å². The van der Waals surface area contributed by atoms with E-state index in [1.165, 1.54) is 38.5 Å². The molecule has 0 saturated carbocycles. The normalized spacial score (nSPS) is 18.4. The average Bonchev–Trinajstić information content (AvgIpc) is 3.38. The molecular formula is C27H34N6OS. The molecule has 184 valence electrons. The fourth-order valence-electron chi connectivity index (χ4n) is 4.89. The second-order valence-corrected chi connectivity index (χ2v) is 9.84. The number of rotatable bonds is 6. The van der Waals surface area contributed by atoms with Gasteiger partial charge in [0.25, 0.3) is 0 Å². The van der Waals surface area contributed by atoms with Crippen LogP contribution in [0.1, 0.15) is 51.2 Å². The maximum atomic E-state index is 5.98. The Kier molecular flexibility index (Phi) is 7.47. The Bertz CT molecular complexity index is 1130. The summed E-state index contributed by atoms with van der Waals surface area (Å²) in [6.45, 7) is 5.88. The van der Waals surface area contributed by atoms with E-state index in [1.54, 1.807) is 0 Å². The first kappa shape index (κ1) is 23.6. The molecule has 5 rings (SSSR count). The van der Waals surface area contributed by atoms with Crippen molar-refractivity contribution in [3.05, 3.63) is 54.3 Å². The van der Waals surface area contributed by atoms with Crippen molar-refractivity contribution in [3.8, 4) is 11.3 Å². The van der Waals surface area contributed by atoms with Crippen molar-refractivity contribution in [1.29, 1.82) is 0 Å². The quantitative estimate of drug-likeness (QED) is 0.433. The molecule has 2 aliphatic heterocycles. The lowest BCUT2D eigenvalue weighted by molar-refractivity contribution is 0.481. The zero-order valence-electron chi connectivity index (χ0n) is 20.4. The summed E-state index contributed by atoms with van der Waals surface area (Å²) in [7, 11) is 0. The van der Waals surface area contributed by atoms with Gasteiger partial charge < -0.3 is 24.9 Å². The van der Waals surface area contributed by atoms with E-state index < -0.39 is 0 Å². The summed E-state index contributed by atoms with van der Waals surface area (Å²) >= 11 is 5.59. The zero-order valence-corrected chi connectivity index (χ0v) is 21.2. The SMILES string of the molecule is C[C@@H]1CCCCN1c1cc(N2CCCCC2)nc(NC(=S)NCc2ccc(-c3ccccc3)o2)n1. The number of hydrogen-bond donors (Lipinski definition) is 2. The second-order valence-electron chi connectivity index (χ2n) is 9.43. The van der Waals surface area contributed by atoms with Gasteiger partial charge in [0.1, 0.15) is 23.2 Å². The molecule has 35 heavy (non-hydrogen) atoms.